The molecule has 6 nitrogen and oxygen atoms in total. The number of alkyl halides is 4. The summed E-state index contributed by atoms with van der Waals surface area (Å²) in [6, 6.07) is 2.21. The molecule has 116 valence electrons. The molecule has 1 N–H and O–H groups in total. The zero-order valence-corrected chi connectivity index (χ0v) is 11.6. The van der Waals surface area contributed by atoms with Gasteiger partial charge in [-0.15, -0.1) is 17.3 Å². The third-order valence-electron chi connectivity index (χ3n) is 2.19. The fourth-order valence-electron chi connectivity index (χ4n) is 1.33. The second-order valence-corrected chi connectivity index (χ2v) is 4.47. The van der Waals surface area contributed by atoms with Crippen LogP contribution in [-0.4, -0.2) is 34.1 Å². The molecule has 2 rings (SSSR count). The smallest absolute Gasteiger partial charge is 0.287 e. The highest BCUT2D eigenvalue weighted by molar-refractivity contribution is 9.07. The Morgan fingerprint density at radius 2 is 2.10 bits per heavy atom. The number of nitrogens with zero attached hydrogens (tertiary/aromatic N) is 4. The molecule has 12 heteroatoms. The van der Waals surface area contributed by atoms with Crippen molar-refractivity contribution in [3.63, 3.8) is 0 Å². The van der Waals surface area contributed by atoms with Crippen LogP contribution in [0.25, 0.3) is 0 Å². The molecule has 1 atom stereocenters. The summed E-state index contributed by atoms with van der Waals surface area (Å²) in [5, 5.41) is 4.33. The van der Waals surface area contributed by atoms with E-state index in [0.717, 1.165) is 21.5 Å². The van der Waals surface area contributed by atoms with Crippen molar-refractivity contribution in [3.8, 4) is 0 Å². The highest BCUT2D eigenvalue weighted by atomic mass is 79.9. The quantitative estimate of drug-likeness (QED) is 0.499. The van der Waals surface area contributed by atoms with Crippen LogP contribution in [0, 0.1) is 5.82 Å². The lowest BCUT2D eigenvalue weighted by Crippen LogP contribution is -2.62. The van der Waals surface area contributed by atoms with Crippen LogP contribution in [-0.2, 0) is 4.74 Å². The van der Waals surface area contributed by atoms with Crippen LogP contribution < -0.4 is 10.5 Å². The fraction of sp³-hybridized carbons (Fsp3) is 0.333. The van der Waals surface area contributed by atoms with E-state index in [-0.39, 0.29) is 5.82 Å². The number of pyridine rings is 1. The molecule has 0 spiro atoms. The molecule has 0 bridgehead atoms. The highest BCUT2D eigenvalue weighted by Crippen LogP contribution is 2.24. The van der Waals surface area contributed by atoms with E-state index in [2.05, 4.69) is 36.4 Å². The number of hydrogen-bond donors (Lipinski definition) is 1. The van der Waals surface area contributed by atoms with Gasteiger partial charge in [-0.05, 0) is 12.1 Å². The summed E-state index contributed by atoms with van der Waals surface area (Å²) in [5.74, 6) is -3.37. The molecule has 0 fully saturated rings. The molecule has 0 aromatic carbocycles. The minimum Gasteiger partial charge on any atom is -0.287 e. The zero-order chi connectivity index (χ0) is 15.7. The number of hydrogen-bond acceptors (Lipinski definition) is 6. The first kappa shape index (κ1) is 15.9. The molecular formula is C9H7BrF5N5O. The van der Waals surface area contributed by atoms with Crippen LogP contribution in [0.3, 0.4) is 0 Å². The fourth-order valence-corrected chi connectivity index (χ4v) is 1.66. The first-order valence-electron chi connectivity index (χ1n) is 5.29. The molecule has 1 aromatic rings. The molecule has 1 aliphatic heterocycles. The summed E-state index contributed by atoms with van der Waals surface area (Å²) in [4.78, 5) is 3.64. The first-order chi connectivity index (χ1) is 9.69. The maximum atomic E-state index is 14.2. The monoisotopic (exact) mass is 375 g/mol. The summed E-state index contributed by atoms with van der Waals surface area (Å²) in [6.07, 6.45) is -3.56. The molecule has 1 aliphatic rings. The van der Waals surface area contributed by atoms with Crippen molar-refractivity contribution < 1.29 is 26.7 Å². The van der Waals surface area contributed by atoms with E-state index in [1.54, 1.807) is 0 Å². The van der Waals surface area contributed by atoms with Gasteiger partial charge in [0.2, 0.25) is 5.79 Å². The van der Waals surface area contributed by atoms with Gasteiger partial charge in [0, 0.05) is 0 Å². The summed E-state index contributed by atoms with van der Waals surface area (Å²) < 4.78 is 67.2. The molecule has 0 saturated carbocycles. The van der Waals surface area contributed by atoms with Crippen molar-refractivity contribution in [2.24, 2.45) is 5.10 Å². The first-order valence-corrected chi connectivity index (χ1v) is 5.99. The van der Waals surface area contributed by atoms with Crippen LogP contribution in [0.4, 0.5) is 27.8 Å². The van der Waals surface area contributed by atoms with E-state index < -0.39 is 24.6 Å². The lowest BCUT2D eigenvalue weighted by Gasteiger charge is -2.37. The number of hydrazone groups is 1. The van der Waals surface area contributed by atoms with Gasteiger partial charge in [0.25, 0.3) is 0 Å². The summed E-state index contributed by atoms with van der Waals surface area (Å²) in [7, 11) is 0. The number of anilines is 1. The second-order valence-electron chi connectivity index (χ2n) is 3.84. The molecule has 21 heavy (non-hydrogen) atoms. The molecule has 1 unspecified atom stereocenters. The number of halogens is 6. The van der Waals surface area contributed by atoms with Crippen LogP contribution in [0.2, 0.25) is 0 Å². The Morgan fingerprint density at radius 1 is 1.38 bits per heavy atom. The third-order valence-corrected chi connectivity index (χ3v) is 2.69. The van der Waals surface area contributed by atoms with E-state index in [4.69, 9.17) is 0 Å². The number of rotatable bonds is 3. The van der Waals surface area contributed by atoms with Crippen LogP contribution in [0.5, 0.6) is 0 Å². The Hall–Kier alpha value is -1.53. The van der Waals surface area contributed by atoms with Gasteiger partial charge in [-0.3, -0.25) is 4.74 Å². The maximum absolute atomic E-state index is 14.2. The van der Waals surface area contributed by atoms with Crippen LogP contribution in [0.15, 0.2) is 23.4 Å². The van der Waals surface area contributed by atoms with Crippen molar-refractivity contribution >= 4 is 28.2 Å². The largest absolute Gasteiger partial charge is 0.522 e. The Morgan fingerprint density at radius 3 is 2.67 bits per heavy atom. The van der Waals surface area contributed by atoms with E-state index in [0.29, 0.717) is 6.21 Å². The van der Waals surface area contributed by atoms with E-state index >= 15 is 0 Å². The van der Waals surface area contributed by atoms with Crippen LogP contribution in [0.1, 0.15) is 0 Å². The number of aromatic nitrogens is 1. The molecule has 0 aliphatic carbocycles. The van der Waals surface area contributed by atoms with Gasteiger partial charge < -0.3 is 0 Å². The Balaban J connectivity index is 2.14. The predicted octanol–water partition coefficient (Wildman–Crippen LogP) is 2.26. The van der Waals surface area contributed by atoms with Gasteiger partial charge in [-0.1, -0.05) is 0 Å². The summed E-state index contributed by atoms with van der Waals surface area (Å²) in [5.41, 5.74) is 2.07. The van der Waals surface area contributed by atoms with Crippen molar-refractivity contribution in [1.82, 2.24) is 14.6 Å². The topological polar surface area (TPSA) is 53.0 Å². The molecule has 0 saturated heterocycles. The van der Waals surface area contributed by atoms with Gasteiger partial charge in [-0.25, -0.2) is 13.8 Å². The van der Waals surface area contributed by atoms with Crippen molar-refractivity contribution in [1.29, 1.82) is 0 Å². The number of ether oxygens (including phenoxy) is 1. The molecular weight excluding hydrogens is 369 g/mol. The second kappa shape index (κ2) is 5.69. The molecule has 2 heterocycles. The highest BCUT2D eigenvalue weighted by Gasteiger charge is 2.41. The van der Waals surface area contributed by atoms with Crippen molar-refractivity contribution in [2.75, 3.05) is 11.7 Å². The van der Waals surface area contributed by atoms with E-state index in [1.807, 2.05) is 0 Å². The van der Waals surface area contributed by atoms with Gasteiger partial charge in [0.15, 0.2) is 5.82 Å². The Labute approximate surface area is 123 Å². The standard InChI is InChI=1S/C9H7BrF5N5O/c10-20-17-4-8(12,5-21-9(13,14)15)18-19(20)7-2-1-6(11)3-16-7/h1-4,18H,5H2. The van der Waals surface area contributed by atoms with Crippen molar-refractivity contribution in [2.45, 2.75) is 12.2 Å². The predicted molar refractivity (Wildman–Crippen MR) is 64.9 cm³/mol. The average molecular weight is 376 g/mol. The number of nitrogens with one attached hydrogen (secondary N) is 1. The summed E-state index contributed by atoms with van der Waals surface area (Å²) in [6.45, 7) is -1.36. The molecule has 0 amide bonds. The van der Waals surface area contributed by atoms with Gasteiger partial charge in [0.1, 0.15) is 12.4 Å². The van der Waals surface area contributed by atoms with E-state index in [9.17, 15) is 22.0 Å². The van der Waals surface area contributed by atoms with Crippen molar-refractivity contribution in [3.05, 3.63) is 24.1 Å². The minimum absolute atomic E-state index is 0.0147. The Kier molecular flexibility index (Phi) is 4.30. The molecule has 0 radical (unpaired) electrons. The summed E-state index contributed by atoms with van der Waals surface area (Å²) >= 11 is 2.89. The normalized spacial score (nSPS) is 22.8. The third kappa shape index (κ3) is 4.22. The zero-order valence-electron chi connectivity index (χ0n) is 9.98. The maximum Gasteiger partial charge on any atom is 0.522 e. The lowest BCUT2D eigenvalue weighted by atomic mass is 10.3. The minimum atomic E-state index is -4.99. The Bertz CT molecular complexity index is 526. The SMILES string of the molecule is Fc1ccc(N2NC(F)(COC(F)(F)F)C=NN2Br)nc1. The van der Waals surface area contributed by atoms with Crippen LogP contribution >= 0.6 is 16.1 Å². The number of hydrazine groups is 2. The van der Waals surface area contributed by atoms with E-state index in [1.165, 1.54) is 6.07 Å². The average Bonchev–Trinajstić information content (AvgIpc) is 2.40. The van der Waals surface area contributed by atoms with Gasteiger partial charge in [0.05, 0.1) is 28.6 Å². The van der Waals surface area contributed by atoms with Gasteiger partial charge in [-0.2, -0.15) is 15.6 Å². The molecule has 1 aromatic heterocycles. The lowest BCUT2D eigenvalue weighted by molar-refractivity contribution is -0.332. The van der Waals surface area contributed by atoms with Gasteiger partial charge >= 0.3 is 6.36 Å².